The zero-order chi connectivity index (χ0) is 21.9. The molecular formula is C19H26N6O4S. The number of carbonyl (C=O) groups excluding carboxylic acids is 1. The SMILES string of the molecule is CS(=O)(=O)c1cccc(Nc2nc(NCC3(N)CCCCC3)[nH]c(=O)c2C(N)=O)c1. The quantitative estimate of drug-likeness (QED) is 0.430. The minimum atomic E-state index is -3.43. The Kier molecular flexibility index (Phi) is 6.13. The second-order valence-corrected chi connectivity index (χ2v) is 9.72. The fourth-order valence-corrected chi connectivity index (χ4v) is 4.18. The van der Waals surface area contributed by atoms with Gasteiger partial charge in [0.1, 0.15) is 5.56 Å². The average Bonchev–Trinajstić information content (AvgIpc) is 2.66. The fourth-order valence-electron chi connectivity index (χ4n) is 3.51. The number of hydrogen-bond donors (Lipinski definition) is 5. The third-order valence-electron chi connectivity index (χ3n) is 5.15. The molecule has 3 rings (SSSR count). The number of nitrogens with zero attached hydrogens (tertiary/aromatic N) is 1. The third-order valence-corrected chi connectivity index (χ3v) is 6.26. The highest BCUT2D eigenvalue weighted by atomic mass is 32.2. The highest BCUT2D eigenvalue weighted by molar-refractivity contribution is 7.90. The number of aromatic nitrogens is 2. The molecule has 0 saturated heterocycles. The number of hydrogen-bond acceptors (Lipinski definition) is 8. The molecule has 0 spiro atoms. The summed E-state index contributed by atoms with van der Waals surface area (Å²) in [6.45, 7) is 0.412. The minimum Gasteiger partial charge on any atom is -0.365 e. The molecule has 1 aliphatic carbocycles. The molecule has 1 aromatic heterocycles. The van der Waals surface area contributed by atoms with Gasteiger partial charge in [0.25, 0.3) is 11.5 Å². The molecule has 0 aliphatic heterocycles. The molecular weight excluding hydrogens is 408 g/mol. The molecule has 2 aromatic rings. The van der Waals surface area contributed by atoms with E-state index in [2.05, 4.69) is 20.6 Å². The molecule has 1 fully saturated rings. The van der Waals surface area contributed by atoms with Crippen LogP contribution in [-0.4, -0.2) is 42.6 Å². The van der Waals surface area contributed by atoms with Crippen LogP contribution < -0.4 is 27.7 Å². The van der Waals surface area contributed by atoms with E-state index >= 15 is 0 Å². The summed E-state index contributed by atoms with van der Waals surface area (Å²) in [5.74, 6) is -0.893. The number of nitrogens with two attached hydrogens (primary N) is 2. The van der Waals surface area contributed by atoms with Crippen LogP contribution >= 0.6 is 0 Å². The van der Waals surface area contributed by atoms with Gasteiger partial charge < -0.3 is 22.1 Å². The van der Waals surface area contributed by atoms with E-state index in [1.807, 2.05) is 0 Å². The number of amides is 1. The van der Waals surface area contributed by atoms with Crippen LogP contribution in [0.5, 0.6) is 0 Å². The Morgan fingerprint density at radius 3 is 2.60 bits per heavy atom. The van der Waals surface area contributed by atoms with Crippen LogP contribution in [0.1, 0.15) is 42.5 Å². The number of benzene rings is 1. The highest BCUT2D eigenvalue weighted by Crippen LogP contribution is 2.26. The summed E-state index contributed by atoms with van der Waals surface area (Å²) in [6, 6.07) is 5.95. The van der Waals surface area contributed by atoms with Crippen LogP contribution in [0.3, 0.4) is 0 Å². The maximum Gasteiger partial charge on any atom is 0.267 e. The first-order valence-corrected chi connectivity index (χ1v) is 11.5. The number of aromatic amines is 1. The molecule has 0 atom stereocenters. The molecule has 11 heteroatoms. The first kappa shape index (κ1) is 21.8. The summed E-state index contributed by atoms with van der Waals surface area (Å²) >= 11 is 0. The van der Waals surface area contributed by atoms with E-state index in [1.165, 1.54) is 18.2 Å². The molecule has 7 N–H and O–H groups in total. The standard InChI is InChI=1S/C19H26N6O4S/c1-30(28,29)13-7-5-6-12(10-13)23-16-14(15(20)26)17(27)25-18(24-16)22-11-19(21)8-3-2-4-9-19/h5-7,10H,2-4,8-9,11,21H2,1H3,(H2,20,26)(H3,22,23,24,25,27). The number of sulfone groups is 1. The van der Waals surface area contributed by atoms with Crippen molar-refractivity contribution in [1.29, 1.82) is 0 Å². The van der Waals surface area contributed by atoms with Crippen molar-refractivity contribution in [2.45, 2.75) is 42.5 Å². The summed E-state index contributed by atoms with van der Waals surface area (Å²) < 4.78 is 23.6. The molecule has 0 unspecified atom stereocenters. The van der Waals surface area contributed by atoms with E-state index < -0.39 is 26.8 Å². The lowest BCUT2D eigenvalue weighted by atomic mass is 9.82. The van der Waals surface area contributed by atoms with Crippen molar-refractivity contribution in [2.24, 2.45) is 11.5 Å². The number of primary amides is 1. The van der Waals surface area contributed by atoms with Gasteiger partial charge in [0.15, 0.2) is 15.7 Å². The van der Waals surface area contributed by atoms with Crippen LogP contribution in [0.25, 0.3) is 0 Å². The second kappa shape index (κ2) is 8.44. The van der Waals surface area contributed by atoms with E-state index in [0.29, 0.717) is 12.2 Å². The van der Waals surface area contributed by atoms with Gasteiger partial charge in [0.05, 0.1) is 4.90 Å². The number of anilines is 3. The normalized spacial score (nSPS) is 16.1. The van der Waals surface area contributed by atoms with Gasteiger partial charge in [-0.2, -0.15) is 4.98 Å². The number of rotatable bonds is 7. The van der Waals surface area contributed by atoms with Gasteiger partial charge >= 0.3 is 0 Å². The molecule has 0 bridgehead atoms. The van der Waals surface area contributed by atoms with E-state index in [0.717, 1.165) is 38.4 Å². The van der Waals surface area contributed by atoms with Crippen LogP contribution in [0.4, 0.5) is 17.5 Å². The van der Waals surface area contributed by atoms with Crippen LogP contribution in [0.15, 0.2) is 34.0 Å². The molecule has 1 amide bonds. The average molecular weight is 435 g/mol. The fraction of sp³-hybridized carbons (Fsp3) is 0.421. The van der Waals surface area contributed by atoms with Gasteiger partial charge in [-0.1, -0.05) is 25.3 Å². The largest absolute Gasteiger partial charge is 0.365 e. The summed E-state index contributed by atoms with van der Waals surface area (Å²) in [7, 11) is -3.43. The van der Waals surface area contributed by atoms with Crippen molar-refractivity contribution in [3.05, 3.63) is 40.2 Å². The van der Waals surface area contributed by atoms with Gasteiger partial charge in [0.2, 0.25) is 5.95 Å². The molecule has 1 saturated carbocycles. The Morgan fingerprint density at radius 2 is 1.97 bits per heavy atom. The molecule has 30 heavy (non-hydrogen) atoms. The highest BCUT2D eigenvalue weighted by Gasteiger charge is 2.27. The van der Waals surface area contributed by atoms with Crippen molar-refractivity contribution in [3.8, 4) is 0 Å². The Hall–Kier alpha value is -2.92. The molecule has 162 valence electrons. The van der Waals surface area contributed by atoms with Gasteiger partial charge in [0, 0.05) is 24.0 Å². The van der Waals surface area contributed by atoms with Gasteiger partial charge in [-0.3, -0.25) is 14.6 Å². The predicted octanol–water partition coefficient (Wildman–Crippen LogP) is 1.09. The monoisotopic (exact) mass is 434 g/mol. The van der Waals surface area contributed by atoms with E-state index in [-0.39, 0.29) is 22.2 Å². The first-order chi connectivity index (χ1) is 14.1. The van der Waals surface area contributed by atoms with Crippen LogP contribution in [0.2, 0.25) is 0 Å². The second-order valence-electron chi connectivity index (χ2n) is 7.70. The smallest absolute Gasteiger partial charge is 0.267 e. The zero-order valence-corrected chi connectivity index (χ0v) is 17.5. The Labute approximate surface area is 174 Å². The molecule has 1 aromatic carbocycles. The summed E-state index contributed by atoms with van der Waals surface area (Å²) in [5.41, 5.74) is 10.6. The molecule has 1 aliphatic rings. The van der Waals surface area contributed by atoms with Crippen LogP contribution in [-0.2, 0) is 9.84 Å². The third kappa shape index (κ3) is 5.16. The van der Waals surface area contributed by atoms with Gasteiger partial charge in [-0.25, -0.2) is 8.42 Å². The molecule has 10 nitrogen and oxygen atoms in total. The lowest BCUT2D eigenvalue weighted by Crippen LogP contribution is -2.48. The lowest BCUT2D eigenvalue weighted by Gasteiger charge is -2.33. The van der Waals surface area contributed by atoms with E-state index in [1.54, 1.807) is 6.07 Å². The van der Waals surface area contributed by atoms with Gasteiger partial charge in [-0.05, 0) is 31.0 Å². The van der Waals surface area contributed by atoms with E-state index in [4.69, 9.17) is 11.5 Å². The zero-order valence-electron chi connectivity index (χ0n) is 16.7. The predicted molar refractivity (Wildman–Crippen MR) is 115 cm³/mol. The van der Waals surface area contributed by atoms with E-state index in [9.17, 15) is 18.0 Å². The minimum absolute atomic E-state index is 0.0749. The van der Waals surface area contributed by atoms with Crippen molar-refractivity contribution >= 4 is 33.2 Å². The molecule has 0 radical (unpaired) electrons. The summed E-state index contributed by atoms with van der Waals surface area (Å²) in [4.78, 5) is 31.1. The first-order valence-electron chi connectivity index (χ1n) is 9.61. The Morgan fingerprint density at radius 1 is 1.27 bits per heavy atom. The van der Waals surface area contributed by atoms with Crippen LogP contribution in [0, 0.1) is 0 Å². The number of H-pyrrole nitrogens is 1. The molecule has 1 heterocycles. The number of nitrogens with one attached hydrogen (secondary N) is 3. The van der Waals surface area contributed by atoms with Crippen molar-refractivity contribution in [1.82, 2.24) is 9.97 Å². The summed E-state index contributed by atoms with van der Waals surface area (Å²) in [5, 5.41) is 5.87. The lowest BCUT2D eigenvalue weighted by molar-refractivity contribution is 0.0999. The maximum absolute atomic E-state index is 12.4. The summed E-state index contributed by atoms with van der Waals surface area (Å²) in [6.07, 6.45) is 6.07. The Bertz CT molecular complexity index is 1110. The van der Waals surface area contributed by atoms with Gasteiger partial charge in [-0.15, -0.1) is 0 Å². The maximum atomic E-state index is 12.4. The van der Waals surface area contributed by atoms with Crippen molar-refractivity contribution < 1.29 is 13.2 Å². The number of carbonyl (C=O) groups is 1. The van der Waals surface area contributed by atoms with Crippen molar-refractivity contribution in [3.63, 3.8) is 0 Å². The topological polar surface area (TPSA) is 173 Å². The Balaban J connectivity index is 1.91. The van der Waals surface area contributed by atoms with Crippen molar-refractivity contribution in [2.75, 3.05) is 23.4 Å².